The number of esters is 1. The van der Waals surface area contributed by atoms with E-state index in [4.69, 9.17) is 0 Å². The van der Waals surface area contributed by atoms with Crippen molar-refractivity contribution < 1.29 is 13.9 Å². The molecule has 2 rings (SSSR count). The third-order valence-electron chi connectivity index (χ3n) is 3.19. The molecule has 0 saturated heterocycles. The van der Waals surface area contributed by atoms with Gasteiger partial charge in [-0.05, 0) is 37.0 Å². The molecular formula is C13H16FNO2. The lowest BCUT2D eigenvalue weighted by atomic mass is 9.85. The van der Waals surface area contributed by atoms with Crippen LogP contribution >= 0.6 is 0 Å². The molecule has 0 heterocycles. The lowest BCUT2D eigenvalue weighted by Crippen LogP contribution is -2.22. The lowest BCUT2D eigenvalue weighted by molar-refractivity contribution is 0.0601. The maximum absolute atomic E-state index is 13.1. The number of hydrogen-bond acceptors (Lipinski definition) is 3. The van der Waals surface area contributed by atoms with Crippen LogP contribution in [0.15, 0.2) is 18.2 Å². The summed E-state index contributed by atoms with van der Waals surface area (Å²) in [4.78, 5) is 11.5. The molecule has 1 fully saturated rings. The largest absolute Gasteiger partial charge is 0.465 e. The van der Waals surface area contributed by atoms with Gasteiger partial charge in [-0.2, -0.15) is 0 Å². The zero-order chi connectivity index (χ0) is 12.3. The summed E-state index contributed by atoms with van der Waals surface area (Å²) in [6.07, 6.45) is 3.73. The predicted molar refractivity (Wildman–Crippen MR) is 63.6 cm³/mol. The molecule has 1 aromatic rings. The first-order valence-corrected chi connectivity index (χ1v) is 5.82. The number of ether oxygens (including phenoxy) is 1. The Balaban J connectivity index is 2.10. The summed E-state index contributed by atoms with van der Waals surface area (Å²) in [6, 6.07) is 4.13. The van der Waals surface area contributed by atoms with E-state index >= 15 is 0 Å². The Morgan fingerprint density at radius 1 is 1.53 bits per heavy atom. The van der Waals surface area contributed by atoms with Crippen LogP contribution in [0.5, 0.6) is 0 Å². The van der Waals surface area contributed by atoms with Crippen molar-refractivity contribution in [1.82, 2.24) is 0 Å². The molecule has 1 saturated carbocycles. The average molecular weight is 237 g/mol. The molecule has 0 radical (unpaired) electrons. The van der Waals surface area contributed by atoms with Crippen molar-refractivity contribution in [3.05, 3.63) is 29.6 Å². The number of benzene rings is 1. The summed E-state index contributed by atoms with van der Waals surface area (Å²) in [7, 11) is 1.29. The molecular weight excluding hydrogens is 221 g/mol. The van der Waals surface area contributed by atoms with Crippen LogP contribution in [-0.4, -0.2) is 19.6 Å². The van der Waals surface area contributed by atoms with Gasteiger partial charge in [0.15, 0.2) is 0 Å². The van der Waals surface area contributed by atoms with Crippen molar-refractivity contribution in [3.8, 4) is 0 Å². The Bertz CT molecular complexity index is 416. The van der Waals surface area contributed by atoms with Crippen LogP contribution < -0.4 is 5.32 Å². The van der Waals surface area contributed by atoms with E-state index in [0.29, 0.717) is 11.6 Å². The van der Waals surface area contributed by atoms with E-state index < -0.39 is 11.8 Å². The fourth-order valence-corrected chi connectivity index (χ4v) is 1.90. The Hall–Kier alpha value is -1.58. The molecule has 1 aliphatic carbocycles. The molecule has 4 heteroatoms. The second-order valence-corrected chi connectivity index (χ2v) is 4.36. The highest BCUT2D eigenvalue weighted by Gasteiger charge is 2.18. The van der Waals surface area contributed by atoms with E-state index in [1.807, 2.05) is 0 Å². The van der Waals surface area contributed by atoms with Crippen molar-refractivity contribution in [1.29, 1.82) is 0 Å². The summed E-state index contributed by atoms with van der Waals surface area (Å²) in [6.45, 7) is 0.829. The third kappa shape index (κ3) is 2.75. The molecule has 3 nitrogen and oxygen atoms in total. The number of methoxy groups -OCH3 is 1. The van der Waals surface area contributed by atoms with Crippen LogP contribution in [0.25, 0.3) is 0 Å². The van der Waals surface area contributed by atoms with Crippen molar-refractivity contribution in [3.63, 3.8) is 0 Å². The number of rotatable bonds is 4. The van der Waals surface area contributed by atoms with Gasteiger partial charge >= 0.3 is 5.97 Å². The fraction of sp³-hybridized carbons (Fsp3) is 0.462. The normalized spacial score (nSPS) is 15.2. The molecule has 17 heavy (non-hydrogen) atoms. The molecule has 1 aliphatic rings. The maximum Gasteiger partial charge on any atom is 0.340 e. The highest BCUT2D eigenvalue weighted by atomic mass is 19.1. The molecule has 1 aromatic carbocycles. The number of anilines is 1. The highest BCUT2D eigenvalue weighted by Crippen LogP contribution is 2.27. The summed E-state index contributed by atoms with van der Waals surface area (Å²) in [5.74, 6) is -0.272. The number of hydrogen-bond donors (Lipinski definition) is 1. The van der Waals surface area contributed by atoms with Gasteiger partial charge in [-0.1, -0.05) is 6.42 Å². The van der Waals surface area contributed by atoms with E-state index in [1.54, 1.807) is 6.07 Å². The minimum Gasteiger partial charge on any atom is -0.465 e. The molecule has 0 amide bonds. The number of halogens is 1. The van der Waals surface area contributed by atoms with Crippen LogP contribution in [-0.2, 0) is 4.74 Å². The van der Waals surface area contributed by atoms with Crippen molar-refractivity contribution in [2.24, 2.45) is 5.92 Å². The first kappa shape index (κ1) is 11.9. The molecule has 0 atom stereocenters. The van der Waals surface area contributed by atoms with Crippen LogP contribution in [0.2, 0.25) is 0 Å². The van der Waals surface area contributed by atoms with Crippen molar-refractivity contribution in [2.45, 2.75) is 19.3 Å². The number of carbonyl (C=O) groups excluding carboxylic acids is 1. The van der Waals surface area contributed by atoms with Gasteiger partial charge < -0.3 is 10.1 Å². The van der Waals surface area contributed by atoms with Gasteiger partial charge in [0.05, 0.1) is 12.7 Å². The Kier molecular flexibility index (Phi) is 3.61. The van der Waals surface area contributed by atoms with Crippen molar-refractivity contribution in [2.75, 3.05) is 19.0 Å². The van der Waals surface area contributed by atoms with E-state index in [9.17, 15) is 9.18 Å². The van der Waals surface area contributed by atoms with Crippen molar-refractivity contribution >= 4 is 11.7 Å². The Morgan fingerprint density at radius 3 is 2.88 bits per heavy atom. The van der Waals surface area contributed by atoms with Crippen LogP contribution in [0.4, 0.5) is 10.1 Å². The zero-order valence-corrected chi connectivity index (χ0v) is 9.83. The summed E-state index contributed by atoms with van der Waals surface area (Å²) >= 11 is 0. The van der Waals surface area contributed by atoms with Gasteiger partial charge in [0.25, 0.3) is 0 Å². The smallest absolute Gasteiger partial charge is 0.340 e. The first-order valence-electron chi connectivity index (χ1n) is 5.82. The molecule has 1 N–H and O–H groups in total. The second kappa shape index (κ2) is 5.17. The molecule has 0 aromatic heterocycles. The van der Waals surface area contributed by atoms with E-state index in [-0.39, 0.29) is 5.56 Å². The fourth-order valence-electron chi connectivity index (χ4n) is 1.90. The quantitative estimate of drug-likeness (QED) is 0.818. The summed E-state index contributed by atoms with van der Waals surface area (Å²) in [5.41, 5.74) is 0.900. The van der Waals surface area contributed by atoms with Crippen LogP contribution in [0.3, 0.4) is 0 Å². The topological polar surface area (TPSA) is 38.3 Å². The lowest BCUT2D eigenvalue weighted by Gasteiger charge is -2.26. The van der Waals surface area contributed by atoms with Gasteiger partial charge in [-0.3, -0.25) is 0 Å². The SMILES string of the molecule is COC(=O)c1cc(F)ccc1NCC1CCC1. The molecule has 92 valence electrons. The molecule has 0 unspecified atom stereocenters. The summed E-state index contributed by atoms with van der Waals surface area (Å²) in [5, 5.41) is 3.19. The Labute approximate surface area is 100.0 Å². The van der Waals surface area contributed by atoms with Gasteiger partial charge in [-0.15, -0.1) is 0 Å². The standard InChI is InChI=1S/C13H16FNO2/c1-17-13(16)11-7-10(14)5-6-12(11)15-8-9-3-2-4-9/h5-7,9,15H,2-4,8H2,1H3. The molecule has 0 bridgehead atoms. The maximum atomic E-state index is 13.1. The predicted octanol–water partition coefficient (Wildman–Crippen LogP) is 2.82. The summed E-state index contributed by atoms with van der Waals surface area (Å²) < 4.78 is 17.7. The third-order valence-corrected chi connectivity index (χ3v) is 3.19. The Morgan fingerprint density at radius 2 is 2.29 bits per heavy atom. The molecule has 0 aliphatic heterocycles. The van der Waals surface area contributed by atoms with Gasteiger partial charge in [0.2, 0.25) is 0 Å². The average Bonchev–Trinajstić information content (AvgIpc) is 2.27. The highest BCUT2D eigenvalue weighted by molar-refractivity contribution is 5.95. The van der Waals surface area contributed by atoms with E-state index in [2.05, 4.69) is 10.1 Å². The van der Waals surface area contributed by atoms with Gasteiger partial charge in [-0.25, -0.2) is 9.18 Å². The number of carbonyl (C=O) groups is 1. The zero-order valence-electron chi connectivity index (χ0n) is 9.83. The minimum atomic E-state index is -0.513. The minimum absolute atomic E-state index is 0.256. The first-order chi connectivity index (χ1) is 8.20. The van der Waals surface area contributed by atoms with Crippen LogP contribution in [0.1, 0.15) is 29.6 Å². The molecule has 0 spiro atoms. The monoisotopic (exact) mass is 237 g/mol. The van der Waals surface area contributed by atoms with Crippen LogP contribution in [0, 0.1) is 11.7 Å². The van der Waals surface area contributed by atoms with E-state index in [1.165, 1.54) is 38.5 Å². The second-order valence-electron chi connectivity index (χ2n) is 4.36. The number of nitrogens with one attached hydrogen (secondary N) is 1. The van der Waals surface area contributed by atoms with Gasteiger partial charge in [0, 0.05) is 12.2 Å². The van der Waals surface area contributed by atoms with Gasteiger partial charge in [0.1, 0.15) is 5.82 Å². The van der Waals surface area contributed by atoms with E-state index in [0.717, 1.165) is 6.54 Å².